The van der Waals surface area contributed by atoms with Crippen molar-refractivity contribution in [2.24, 2.45) is 5.73 Å². The summed E-state index contributed by atoms with van der Waals surface area (Å²) < 4.78 is 27.7. The molecular formula is C11H12N2O3S. The van der Waals surface area contributed by atoms with Crippen LogP contribution in [0.4, 0.5) is 0 Å². The van der Waals surface area contributed by atoms with Gasteiger partial charge in [0.05, 0.1) is 11.1 Å². The van der Waals surface area contributed by atoms with Crippen molar-refractivity contribution in [1.29, 1.82) is 0 Å². The predicted molar refractivity (Wildman–Crippen MR) is 62.9 cm³/mol. The SMILES string of the molecule is CS(=O)(=O)c1ccc(-c2oncc2CN)cc1. The van der Waals surface area contributed by atoms with E-state index in [2.05, 4.69) is 5.16 Å². The lowest BCUT2D eigenvalue weighted by atomic mass is 10.1. The van der Waals surface area contributed by atoms with Crippen molar-refractivity contribution in [2.75, 3.05) is 6.26 Å². The van der Waals surface area contributed by atoms with E-state index in [1.54, 1.807) is 18.3 Å². The van der Waals surface area contributed by atoms with Gasteiger partial charge in [-0.05, 0) is 24.3 Å². The van der Waals surface area contributed by atoms with Crippen LogP contribution in [0.15, 0.2) is 39.9 Å². The van der Waals surface area contributed by atoms with E-state index < -0.39 is 9.84 Å². The summed E-state index contributed by atoms with van der Waals surface area (Å²) in [6.45, 7) is 0.326. The molecule has 0 saturated heterocycles. The minimum atomic E-state index is -3.18. The lowest BCUT2D eigenvalue weighted by Gasteiger charge is -2.01. The maximum Gasteiger partial charge on any atom is 0.175 e. The number of aromatic nitrogens is 1. The number of hydrogen-bond donors (Lipinski definition) is 1. The van der Waals surface area contributed by atoms with E-state index in [0.29, 0.717) is 12.3 Å². The number of benzene rings is 1. The van der Waals surface area contributed by atoms with Crippen LogP contribution < -0.4 is 5.73 Å². The molecule has 2 aromatic rings. The average molecular weight is 252 g/mol. The smallest absolute Gasteiger partial charge is 0.175 e. The zero-order valence-electron chi connectivity index (χ0n) is 9.25. The lowest BCUT2D eigenvalue weighted by molar-refractivity contribution is 0.431. The fraction of sp³-hybridized carbons (Fsp3) is 0.182. The summed E-state index contributed by atoms with van der Waals surface area (Å²) in [5.74, 6) is 0.576. The monoisotopic (exact) mass is 252 g/mol. The van der Waals surface area contributed by atoms with Crippen molar-refractivity contribution in [2.45, 2.75) is 11.4 Å². The zero-order valence-corrected chi connectivity index (χ0v) is 10.1. The molecule has 6 heteroatoms. The van der Waals surface area contributed by atoms with E-state index in [1.165, 1.54) is 18.4 Å². The first-order valence-electron chi connectivity index (χ1n) is 4.96. The summed E-state index contributed by atoms with van der Waals surface area (Å²) in [6, 6.07) is 6.42. The molecular weight excluding hydrogens is 240 g/mol. The van der Waals surface area contributed by atoms with Gasteiger partial charge in [0, 0.05) is 23.9 Å². The van der Waals surface area contributed by atoms with E-state index in [9.17, 15) is 8.42 Å². The second kappa shape index (κ2) is 4.31. The van der Waals surface area contributed by atoms with Crippen LogP contribution in [-0.4, -0.2) is 19.8 Å². The number of hydrogen-bond acceptors (Lipinski definition) is 5. The van der Waals surface area contributed by atoms with Gasteiger partial charge in [0.1, 0.15) is 0 Å². The Morgan fingerprint density at radius 1 is 1.29 bits per heavy atom. The van der Waals surface area contributed by atoms with Gasteiger partial charge in [-0.25, -0.2) is 8.42 Å². The first-order chi connectivity index (χ1) is 8.02. The molecule has 0 unspecified atom stereocenters. The van der Waals surface area contributed by atoms with Crippen LogP contribution in [0, 0.1) is 0 Å². The third-order valence-corrected chi connectivity index (χ3v) is 3.54. The van der Waals surface area contributed by atoms with E-state index in [1.807, 2.05) is 0 Å². The van der Waals surface area contributed by atoms with E-state index >= 15 is 0 Å². The Morgan fingerprint density at radius 2 is 1.94 bits per heavy atom. The van der Waals surface area contributed by atoms with Crippen LogP contribution >= 0.6 is 0 Å². The van der Waals surface area contributed by atoms with E-state index in [4.69, 9.17) is 10.3 Å². The highest BCUT2D eigenvalue weighted by Crippen LogP contribution is 2.24. The van der Waals surface area contributed by atoms with Gasteiger partial charge in [-0.1, -0.05) is 5.16 Å². The molecule has 2 N–H and O–H groups in total. The Labute approximate surface area is 99.1 Å². The standard InChI is InChI=1S/C11H12N2O3S/c1-17(14,15)10-4-2-8(3-5-10)11-9(6-12)7-13-16-11/h2-5,7H,6,12H2,1H3. The van der Waals surface area contributed by atoms with E-state index in [-0.39, 0.29) is 4.90 Å². The molecule has 0 spiro atoms. The molecule has 2 rings (SSSR count). The summed E-state index contributed by atoms with van der Waals surface area (Å²) in [5.41, 5.74) is 7.08. The van der Waals surface area contributed by atoms with Crippen LogP contribution in [0.1, 0.15) is 5.56 Å². The Balaban J connectivity index is 2.43. The van der Waals surface area contributed by atoms with Gasteiger partial charge < -0.3 is 10.3 Å². The normalized spacial score (nSPS) is 11.6. The Morgan fingerprint density at radius 3 is 2.47 bits per heavy atom. The number of nitrogens with zero attached hydrogens (tertiary/aromatic N) is 1. The molecule has 0 bridgehead atoms. The summed E-state index contributed by atoms with van der Waals surface area (Å²) in [5, 5.41) is 3.67. The average Bonchev–Trinajstić information content (AvgIpc) is 2.76. The molecule has 0 aliphatic carbocycles. The van der Waals surface area contributed by atoms with Crippen LogP contribution in [0.3, 0.4) is 0 Å². The molecule has 0 aliphatic rings. The first kappa shape index (κ1) is 11.8. The molecule has 0 amide bonds. The van der Waals surface area contributed by atoms with E-state index in [0.717, 1.165) is 11.1 Å². The maximum absolute atomic E-state index is 11.3. The molecule has 1 heterocycles. The molecule has 1 aromatic carbocycles. The second-order valence-corrected chi connectivity index (χ2v) is 5.70. The highest BCUT2D eigenvalue weighted by molar-refractivity contribution is 7.90. The minimum Gasteiger partial charge on any atom is -0.356 e. The molecule has 0 aliphatic heterocycles. The summed E-state index contributed by atoms with van der Waals surface area (Å²) >= 11 is 0. The van der Waals surface area contributed by atoms with Gasteiger partial charge in [0.15, 0.2) is 15.6 Å². The van der Waals surface area contributed by atoms with Crippen molar-refractivity contribution in [3.8, 4) is 11.3 Å². The Bertz CT molecular complexity index is 614. The van der Waals surface area contributed by atoms with Gasteiger partial charge in [0.2, 0.25) is 0 Å². The molecule has 0 atom stereocenters. The van der Waals surface area contributed by atoms with Crippen molar-refractivity contribution in [1.82, 2.24) is 5.16 Å². The fourth-order valence-corrected chi connectivity index (χ4v) is 2.13. The quantitative estimate of drug-likeness (QED) is 0.887. The highest BCUT2D eigenvalue weighted by Gasteiger charge is 2.11. The van der Waals surface area contributed by atoms with Gasteiger partial charge in [0.25, 0.3) is 0 Å². The molecule has 0 saturated carbocycles. The van der Waals surface area contributed by atoms with Gasteiger partial charge in [-0.3, -0.25) is 0 Å². The number of nitrogens with two attached hydrogens (primary N) is 1. The van der Waals surface area contributed by atoms with Crippen molar-refractivity contribution >= 4 is 9.84 Å². The second-order valence-electron chi connectivity index (χ2n) is 3.68. The summed E-state index contributed by atoms with van der Waals surface area (Å²) in [6.07, 6.45) is 2.72. The van der Waals surface area contributed by atoms with Gasteiger partial charge in [-0.2, -0.15) is 0 Å². The van der Waals surface area contributed by atoms with Crippen LogP contribution in [0.25, 0.3) is 11.3 Å². The van der Waals surface area contributed by atoms with Crippen molar-refractivity contribution in [3.63, 3.8) is 0 Å². The maximum atomic E-state index is 11.3. The van der Waals surface area contributed by atoms with Gasteiger partial charge in [-0.15, -0.1) is 0 Å². The molecule has 5 nitrogen and oxygen atoms in total. The Hall–Kier alpha value is -1.66. The largest absolute Gasteiger partial charge is 0.356 e. The minimum absolute atomic E-state index is 0.273. The third kappa shape index (κ3) is 2.37. The summed E-state index contributed by atoms with van der Waals surface area (Å²) in [4.78, 5) is 0.273. The van der Waals surface area contributed by atoms with Crippen molar-refractivity contribution < 1.29 is 12.9 Å². The van der Waals surface area contributed by atoms with Crippen LogP contribution in [0.2, 0.25) is 0 Å². The molecule has 17 heavy (non-hydrogen) atoms. The predicted octanol–water partition coefficient (Wildman–Crippen LogP) is 1.20. The lowest BCUT2D eigenvalue weighted by Crippen LogP contribution is -1.97. The van der Waals surface area contributed by atoms with Crippen LogP contribution in [0.5, 0.6) is 0 Å². The molecule has 0 radical (unpaired) electrons. The van der Waals surface area contributed by atoms with Gasteiger partial charge >= 0.3 is 0 Å². The molecule has 1 aromatic heterocycles. The van der Waals surface area contributed by atoms with Crippen molar-refractivity contribution in [3.05, 3.63) is 36.0 Å². The number of rotatable bonds is 3. The topological polar surface area (TPSA) is 86.2 Å². The first-order valence-corrected chi connectivity index (χ1v) is 6.85. The highest BCUT2D eigenvalue weighted by atomic mass is 32.2. The fourth-order valence-electron chi connectivity index (χ4n) is 1.50. The summed E-state index contributed by atoms with van der Waals surface area (Å²) in [7, 11) is -3.18. The molecule has 0 fully saturated rings. The van der Waals surface area contributed by atoms with Crippen LogP contribution in [-0.2, 0) is 16.4 Å². The molecule has 90 valence electrons. The number of sulfone groups is 1. The zero-order chi connectivity index (χ0) is 12.5. The Kier molecular flexibility index (Phi) is 2.99. The third-order valence-electron chi connectivity index (χ3n) is 2.41.